The third kappa shape index (κ3) is 2.22. The minimum atomic E-state index is -0.491. The van der Waals surface area contributed by atoms with Crippen molar-refractivity contribution >= 4 is 43.9 Å². The number of thiophene rings is 1. The van der Waals surface area contributed by atoms with Crippen LogP contribution < -0.4 is 11.5 Å². The maximum absolute atomic E-state index is 11.6. The summed E-state index contributed by atoms with van der Waals surface area (Å²) in [5.41, 5.74) is 12.9. The first-order valence-electron chi connectivity index (χ1n) is 7.10. The van der Waals surface area contributed by atoms with E-state index in [0.29, 0.717) is 11.4 Å². The van der Waals surface area contributed by atoms with Crippen LogP contribution in [0.1, 0.15) is 10.4 Å². The summed E-state index contributed by atoms with van der Waals surface area (Å²) in [5.74, 6) is -0.0808. The molecule has 2 aromatic heterocycles. The highest BCUT2D eigenvalue weighted by Crippen LogP contribution is 2.38. The van der Waals surface area contributed by atoms with E-state index in [-0.39, 0.29) is 0 Å². The maximum Gasteiger partial charge on any atom is 0.251 e. The van der Waals surface area contributed by atoms with Gasteiger partial charge in [-0.25, -0.2) is 4.98 Å². The summed E-state index contributed by atoms with van der Waals surface area (Å²) >= 11 is 1.51. The fourth-order valence-corrected chi connectivity index (χ4v) is 3.88. The van der Waals surface area contributed by atoms with Crippen LogP contribution in [0.15, 0.2) is 54.7 Å². The number of pyridine rings is 1. The van der Waals surface area contributed by atoms with Crippen LogP contribution in [0.5, 0.6) is 0 Å². The Labute approximate surface area is 136 Å². The number of amides is 1. The third-order valence-electron chi connectivity index (χ3n) is 3.88. The molecule has 1 amide bonds. The second-order valence-electron chi connectivity index (χ2n) is 5.34. The van der Waals surface area contributed by atoms with Crippen molar-refractivity contribution in [2.75, 3.05) is 5.73 Å². The highest BCUT2D eigenvalue weighted by atomic mass is 32.1. The van der Waals surface area contributed by atoms with Crippen molar-refractivity contribution in [2.24, 2.45) is 5.73 Å². The zero-order chi connectivity index (χ0) is 16.0. The second-order valence-corrected chi connectivity index (χ2v) is 6.39. The number of rotatable bonds is 2. The Bertz CT molecular complexity index is 1070. The molecule has 2 heterocycles. The standard InChI is InChI=1S/C18H13N3OS/c19-17-13-8-15(23-16(13)14(9-21-17)18(20)22)12-6-5-10-3-1-2-4-11(10)7-12/h1-9H,(H2,19,21)(H2,20,22). The topological polar surface area (TPSA) is 82.0 Å². The molecule has 0 aliphatic heterocycles. The van der Waals surface area contributed by atoms with Crippen molar-refractivity contribution in [1.82, 2.24) is 4.98 Å². The lowest BCUT2D eigenvalue weighted by Crippen LogP contribution is -2.11. The van der Waals surface area contributed by atoms with Crippen LogP contribution in [-0.4, -0.2) is 10.9 Å². The van der Waals surface area contributed by atoms with Crippen LogP contribution in [0.2, 0.25) is 0 Å². The molecule has 5 heteroatoms. The lowest BCUT2D eigenvalue weighted by molar-refractivity contribution is 0.100. The van der Waals surface area contributed by atoms with Crippen LogP contribution >= 0.6 is 11.3 Å². The summed E-state index contributed by atoms with van der Waals surface area (Å²) in [4.78, 5) is 16.7. The molecule has 4 N–H and O–H groups in total. The molecule has 0 saturated heterocycles. The van der Waals surface area contributed by atoms with Crippen LogP contribution in [-0.2, 0) is 0 Å². The quantitative estimate of drug-likeness (QED) is 0.589. The molecule has 23 heavy (non-hydrogen) atoms. The molecule has 0 bridgehead atoms. The smallest absolute Gasteiger partial charge is 0.251 e. The van der Waals surface area contributed by atoms with Gasteiger partial charge in [0.15, 0.2) is 0 Å². The molecule has 0 aliphatic rings. The molecule has 0 radical (unpaired) electrons. The third-order valence-corrected chi connectivity index (χ3v) is 5.10. The zero-order valence-corrected chi connectivity index (χ0v) is 12.9. The molecule has 2 aromatic carbocycles. The molecule has 4 nitrogen and oxygen atoms in total. The second kappa shape index (κ2) is 5.07. The van der Waals surface area contributed by atoms with E-state index in [1.807, 2.05) is 18.2 Å². The average Bonchev–Trinajstić information content (AvgIpc) is 3.00. The van der Waals surface area contributed by atoms with Crippen LogP contribution in [0.3, 0.4) is 0 Å². The molecular formula is C18H13N3OS. The van der Waals surface area contributed by atoms with E-state index in [1.54, 1.807) is 0 Å². The molecule has 0 unspecified atom stereocenters. The van der Waals surface area contributed by atoms with Gasteiger partial charge in [-0.05, 0) is 28.5 Å². The van der Waals surface area contributed by atoms with Crippen LogP contribution in [0.4, 0.5) is 5.82 Å². The van der Waals surface area contributed by atoms with Gasteiger partial charge in [0.2, 0.25) is 0 Å². The van der Waals surface area contributed by atoms with Gasteiger partial charge in [0.25, 0.3) is 5.91 Å². The monoisotopic (exact) mass is 319 g/mol. The molecule has 0 aliphatic carbocycles. The predicted octanol–water partition coefficient (Wildman–Crippen LogP) is 3.80. The highest BCUT2D eigenvalue weighted by Gasteiger charge is 2.14. The Morgan fingerprint density at radius 3 is 2.61 bits per heavy atom. The lowest BCUT2D eigenvalue weighted by atomic mass is 10.1. The Hall–Kier alpha value is -2.92. The van der Waals surface area contributed by atoms with Gasteiger partial charge in [0, 0.05) is 16.5 Å². The fourth-order valence-electron chi connectivity index (χ4n) is 2.70. The normalized spacial score (nSPS) is 11.1. The lowest BCUT2D eigenvalue weighted by Gasteiger charge is -2.01. The maximum atomic E-state index is 11.6. The van der Waals surface area contributed by atoms with Crippen molar-refractivity contribution in [1.29, 1.82) is 0 Å². The first-order valence-corrected chi connectivity index (χ1v) is 7.92. The van der Waals surface area contributed by atoms with Crippen molar-refractivity contribution in [2.45, 2.75) is 0 Å². The van der Waals surface area contributed by atoms with E-state index in [1.165, 1.54) is 28.3 Å². The minimum Gasteiger partial charge on any atom is -0.383 e. The van der Waals surface area contributed by atoms with Crippen molar-refractivity contribution in [3.05, 3.63) is 60.3 Å². The number of carbonyl (C=O) groups is 1. The van der Waals surface area contributed by atoms with Gasteiger partial charge in [-0.2, -0.15) is 0 Å². The molecule has 4 aromatic rings. The van der Waals surface area contributed by atoms with Gasteiger partial charge in [-0.3, -0.25) is 4.79 Å². The number of benzene rings is 2. The van der Waals surface area contributed by atoms with Gasteiger partial charge in [-0.15, -0.1) is 11.3 Å². The van der Waals surface area contributed by atoms with Crippen molar-refractivity contribution < 1.29 is 4.79 Å². The number of nitrogens with two attached hydrogens (primary N) is 2. The first kappa shape index (κ1) is 13.7. The van der Waals surface area contributed by atoms with Gasteiger partial charge >= 0.3 is 0 Å². The molecule has 0 spiro atoms. The number of fused-ring (bicyclic) bond motifs is 2. The van der Waals surface area contributed by atoms with E-state index in [9.17, 15) is 4.79 Å². The summed E-state index contributed by atoms with van der Waals surface area (Å²) in [5, 5.41) is 3.13. The Balaban J connectivity index is 1.95. The zero-order valence-electron chi connectivity index (χ0n) is 12.1. The molecule has 112 valence electrons. The number of aromatic nitrogens is 1. The minimum absolute atomic E-state index is 0.409. The fraction of sp³-hybridized carbons (Fsp3) is 0. The van der Waals surface area contributed by atoms with Gasteiger partial charge in [0.1, 0.15) is 5.82 Å². The van der Waals surface area contributed by atoms with Gasteiger partial charge in [-0.1, -0.05) is 36.4 Å². The Morgan fingerprint density at radius 2 is 1.83 bits per heavy atom. The number of anilines is 1. The first-order chi connectivity index (χ1) is 11.1. The molecular weight excluding hydrogens is 306 g/mol. The van der Waals surface area contributed by atoms with Gasteiger partial charge < -0.3 is 11.5 Å². The summed E-state index contributed by atoms with van der Waals surface area (Å²) < 4.78 is 0.785. The number of hydrogen-bond acceptors (Lipinski definition) is 4. The van der Waals surface area contributed by atoms with E-state index in [0.717, 1.165) is 20.5 Å². The summed E-state index contributed by atoms with van der Waals surface area (Å²) in [6.45, 7) is 0. The number of nitrogens with zero attached hydrogens (tertiary/aromatic N) is 1. The highest BCUT2D eigenvalue weighted by molar-refractivity contribution is 7.22. The molecule has 4 rings (SSSR count). The Morgan fingerprint density at radius 1 is 1.04 bits per heavy atom. The average molecular weight is 319 g/mol. The molecule has 0 saturated carbocycles. The molecule has 0 fully saturated rings. The largest absolute Gasteiger partial charge is 0.383 e. The SMILES string of the molecule is NC(=O)c1cnc(N)c2cc(-c3ccc4ccccc4c3)sc12. The summed E-state index contributed by atoms with van der Waals surface area (Å²) in [6.07, 6.45) is 1.45. The predicted molar refractivity (Wildman–Crippen MR) is 95.5 cm³/mol. The number of primary amides is 1. The number of carbonyl (C=O) groups excluding carboxylic acids is 1. The van der Waals surface area contributed by atoms with Crippen LogP contribution in [0, 0.1) is 0 Å². The summed E-state index contributed by atoms with van der Waals surface area (Å²) in [6, 6.07) is 16.5. The van der Waals surface area contributed by atoms with E-state index in [2.05, 4.69) is 35.3 Å². The van der Waals surface area contributed by atoms with Crippen molar-refractivity contribution in [3.8, 4) is 10.4 Å². The van der Waals surface area contributed by atoms with E-state index < -0.39 is 5.91 Å². The Kier molecular flexibility index (Phi) is 3.02. The molecule has 0 atom stereocenters. The summed E-state index contributed by atoms with van der Waals surface area (Å²) in [7, 11) is 0. The number of hydrogen-bond donors (Lipinski definition) is 2. The van der Waals surface area contributed by atoms with Crippen molar-refractivity contribution in [3.63, 3.8) is 0 Å². The van der Waals surface area contributed by atoms with E-state index >= 15 is 0 Å². The van der Waals surface area contributed by atoms with Gasteiger partial charge in [0.05, 0.1) is 10.3 Å². The number of nitrogen functional groups attached to an aromatic ring is 1. The van der Waals surface area contributed by atoms with Crippen LogP contribution in [0.25, 0.3) is 31.3 Å². The van der Waals surface area contributed by atoms with E-state index in [4.69, 9.17) is 11.5 Å².